The molecule has 0 saturated carbocycles. The van der Waals surface area contributed by atoms with Crippen molar-refractivity contribution in [2.45, 2.75) is 51.4 Å². The summed E-state index contributed by atoms with van der Waals surface area (Å²) in [6.45, 7) is 0. The van der Waals surface area contributed by atoms with E-state index in [1.807, 2.05) is 6.07 Å². The number of unbranched alkanes of at least 4 members (excludes halogenated alkanes) is 5. The fourth-order valence-corrected chi connectivity index (χ4v) is 4.46. The van der Waals surface area contributed by atoms with Crippen molar-refractivity contribution in [3.63, 3.8) is 0 Å². The van der Waals surface area contributed by atoms with Crippen LogP contribution < -0.4 is 10.6 Å². The Kier molecular flexibility index (Phi) is 12.2. The van der Waals surface area contributed by atoms with Crippen LogP contribution in [0, 0.1) is 0 Å². The van der Waals surface area contributed by atoms with Crippen LogP contribution in [0.3, 0.4) is 0 Å². The summed E-state index contributed by atoms with van der Waals surface area (Å²) in [5, 5.41) is 11.4. The maximum Gasteiger partial charge on any atom is 0.303 e. The maximum atomic E-state index is 10.3. The highest BCUT2D eigenvalue weighted by molar-refractivity contribution is 7.55. The van der Waals surface area contributed by atoms with Crippen LogP contribution in [0.1, 0.15) is 50.5 Å². The molecule has 0 aliphatic heterocycles. The molecule has 0 spiro atoms. The van der Waals surface area contributed by atoms with Gasteiger partial charge < -0.3 is 5.11 Å². The third-order valence-electron chi connectivity index (χ3n) is 4.88. The first-order valence-electron chi connectivity index (χ1n) is 10.9. The van der Waals surface area contributed by atoms with Crippen LogP contribution in [0.2, 0.25) is 0 Å². The Bertz CT molecular complexity index is 767. The van der Waals surface area contributed by atoms with Crippen molar-refractivity contribution in [2.24, 2.45) is 0 Å². The predicted molar refractivity (Wildman–Crippen MR) is 132 cm³/mol. The van der Waals surface area contributed by atoms with E-state index in [1.165, 1.54) is 41.9 Å². The number of aliphatic carboxylic acids is 1. The number of carboxylic acid groups (broad SMARTS) is 1. The Hall–Kier alpha value is -2.44. The molecule has 0 saturated heterocycles. The lowest BCUT2D eigenvalue weighted by Gasteiger charge is -2.02. The molecule has 2 nitrogen and oxygen atoms in total. The third-order valence-corrected chi connectivity index (χ3v) is 6.32. The highest BCUT2D eigenvalue weighted by Crippen LogP contribution is 2.11. The lowest BCUT2D eigenvalue weighted by atomic mass is 10.0. The molecule has 3 rings (SSSR count). The molecule has 0 radical (unpaired) electrons. The lowest BCUT2D eigenvalue weighted by molar-refractivity contribution is -0.137. The minimum Gasteiger partial charge on any atom is -0.481 e. The monoisotopic (exact) mass is 421 g/mol. The van der Waals surface area contributed by atoms with E-state index < -0.39 is 5.97 Å². The van der Waals surface area contributed by atoms with E-state index >= 15 is 0 Å². The van der Waals surface area contributed by atoms with Gasteiger partial charge in [-0.2, -0.15) is 0 Å². The van der Waals surface area contributed by atoms with Crippen molar-refractivity contribution in [3.05, 3.63) is 96.6 Å². The van der Waals surface area contributed by atoms with Gasteiger partial charge in [0, 0.05) is 6.42 Å². The van der Waals surface area contributed by atoms with Gasteiger partial charge in [0.1, 0.15) is 0 Å². The van der Waals surface area contributed by atoms with Gasteiger partial charge in [-0.05, 0) is 49.1 Å². The van der Waals surface area contributed by atoms with E-state index in [4.69, 9.17) is 5.11 Å². The standard InChI is InChI=1S/C15H22O2.C12H11P/c16-15(17)13-9-4-2-1-3-6-10-14-11-7-5-8-12-14;1-3-7-11(8-4-1)13-12-9-5-2-6-10-12/h5,7-8,11-12H,1-4,6,9-10,13H2,(H,16,17);1-10,13H/p+1. The molecule has 0 unspecified atom stereocenters. The molecule has 3 heteroatoms. The summed E-state index contributed by atoms with van der Waals surface area (Å²) in [5.74, 6) is -0.672. The first-order chi connectivity index (χ1) is 14.7. The normalized spacial score (nSPS) is 10.1. The van der Waals surface area contributed by atoms with Gasteiger partial charge in [-0.1, -0.05) is 92.4 Å². The summed E-state index contributed by atoms with van der Waals surface area (Å²) < 4.78 is 0. The zero-order valence-electron chi connectivity index (χ0n) is 17.7. The van der Waals surface area contributed by atoms with Crippen molar-refractivity contribution in [2.75, 3.05) is 0 Å². The molecule has 0 fully saturated rings. The minimum atomic E-state index is -0.672. The molecule has 0 aliphatic carbocycles. The second kappa shape index (κ2) is 15.4. The summed E-state index contributed by atoms with van der Waals surface area (Å²) in [7, 11) is 0.271. The van der Waals surface area contributed by atoms with Gasteiger partial charge >= 0.3 is 5.97 Å². The Labute approximate surface area is 183 Å². The van der Waals surface area contributed by atoms with Gasteiger partial charge in [0.25, 0.3) is 0 Å². The molecule has 3 aromatic carbocycles. The lowest BCUT2D eigenvalue weighted by Crippen LogP contribution is -2.01. The number of rotatable bonds is 11. The fourth-order valence-electron chi connectivity index (χ4n) is 3.25. The molecule has 0 aliphatic rings. The van der Waals surface area contributed by atoms with Crippen LogP contribution in [-0.2, 0) is 11.2 Å². The average molecular weight is 422 g/mol. The summed E-state index contributed by atoms with van der Waals surface area (Å²) in [5.41, 5.74) is 1.42. The largest absolute Gasteiger partial charge is 0.481 e. The van der Waals surface area contributed by atoms with Crippen LogP contribution in [0.5, 0.6) is 0 Å². The van der Waals surface area contributed by atoms with Gasteiger partial charge in [0.05, 0.1) is 19.2 Å². The Morgan fingerprint density at radius 2 is 1.03 bits per heavy atom. The highest BCUT2D eigenvalue weighted by atomic mass is 31.1. The van der Waals surface area contributed by atoms with Crippen molar-refractivity contribution < 1.29 is 9.90 Å². The van der Waals surface area contributed by atoms with E-state index in [9.17, 15) is 4.79 Å². The van der Waals surface area contributed by atoms with Crippen LogP contribution in [0.4, 0.5) is 0 Å². The van der Waals surface area contributed by atoms with Gasteiger partial charge in [-0.15, -0.1) is 0 Å². The van der Waals surface area contributed by atoms with Crippen molar-refractivity contribution in [3.8, 4) is 0 Å². The summed E-state index contributed by atoms with van der Waals surface area (Å²) >= 11 is 0. The minimum absolute atomic E-state index is 0.271. The van der Waals surface area contributed by atoms with Crippen molar-refractivity contribution in [1.82, 2.24) is 0 Å². The van der Waals surface area contributed by atoms with Crippen LogP contribution in [0.15, 0.2) is 91.0 Å². The molecule has 3 aromatic rings. The molecule has 0 amide bonds. The Balaban J connectivity index is 0.000000220. The number of carboxylic acids is 1. The number of aryl methyl sites for hydroxylation is 1. The van der Waals surface area contributed by atoms with E-state index in [0.717, 1.165) is 19.3 Å². The summed E-state index contributed by atoms with van der Waals surface area (Å²) in [6.07, 6.45) is 8.26. The van der Waals surface area contributed by atoms with Crippen molar-refractivity contribution in [1.29, 1.82) is 0 Å². The first kappa shape index (κ1) is 23.8. The second-order valence-electron chi connectivity index (χ2n) is 7.47. The quantitative estimate of drug-likeness (QED) is 0.300. The second-order valence-corrected chi connectivity index (χ2v) is 9.09. The van der Waals surface area contributed by atoms with E-state index in [-0.39, 0.29) is 8.58 Å². The molecule has 0 aromatic heterocycles. The number of hydrogen-bond donors (Lipinski definition) is 1. The number of benzene rings is 3. The average Bonchev–Trinajstić information content (AvgIpc) is 2.78. The zero-order valence-corrected chi connectivity index (χ0v) is 18.9. The SMILES string of the molecule is O=C(O)CCCCCCCCc1ccccc1.c1ccc([PH2+]c2ccccc2)cc1. The number of carbonyl (C=O) groups is 1. The van der Waals surface area contributed by atoms with Gasteiger partial charge in [0.15, 0.2) is 0 Å². The Morgan fingerprint density at radius 3 is 1.53 bits per heavy atom. The zero-order chi connectivity index (χ0) is 21.3. The van der Waals surface area contributed by atoms with E-state index in [2.05, 4.69) is 84.9 Å². The highest BCUT2D eigenvalue weighted by Gasteiger charge is 2.00. The Morgan fingerprint density at radius 1 is 0.600 bits per heavy atom. The number of hydrogen-bond acceptors (Lipinski definition) is 1. The molecule has 0 bridgehead atoms. The van der Waals surface area contributed by atoms with Gasteiger partial charge in [-0.3, -0.25) is 4.79 Å². The molecule has 158 valence electrons. The summed E-state index contributed by atoms with van der Waals surface area (Å²) in [6, 6.07) is 31.9. The predicted octanol–water partition coefficient (Wildman–Crippen LogP) is 6.09. The van der Waals surface area contributed by atoms with Crippen LogP contribution in [0.25, 0.3) is 0 Å². The molecule has 1 N–H and O–H groups in total. The van der Waals surface area contributed by atoms with Gasteiger partial charge in [-0.25, -0.2) is 0 Å². The first-order valence-corrected chi connectivity index (χ1v) is 12.1. The summed E-state index contributed by atoms with van der Waals surface area (Å²) in [4.78, 5) is 10.3. The smallest absolute Gasteiger partial charge is 0.303 e. The van der Waals surface area contributed by atoms with Gasteiger partial charge in [0.2, 0.25) is 0 Å². The molecule has 0 heterocycles. The molecule has 30 heavy (non-hydrogen) atoms. The fraction of sp³-hybridized carbons (Fsp3) is 0.296. The van der Waals surface area contributed by atoms with E-state index in [0.29, 0.717) is 6.42 Å². The topological polar surface area (TPSA) is 37.3 Å². The third kappa shape index (κ3) is 11.5. The van der Waals surface area contributed by atoms with Crippen LogP contribution >= 0.6 is 8.58 Å². The molecular formula is C27H34O2P+. The van der Waals surface area contributed by atoms with Crippen molar-refractivity contribution >= 4 is 25.2 Å². The molecular weight excluding hydrogens is 387 g/mol. The maximum absolute atomic E-state index is 10.3. The van der Waals surface area contributed by atoms with Crippen LogP contribution in [-0.4, -0.2) is 11.1 Å². The van der Waals surface area contributed by atoms with E-state index in [1.54, 1.807) is 0 Å². The molecule has 0 atom stereocenters.